The number of rotatable bonds is 0. The van der Waals surface area contributed by atoms with Gasteiger partial charge in [0, 0.05) is 0 Å². The molecule has 0 amide bonds. The zero-order valence-corrected chi connectivity index (χ0v) is 26.3. The highest BCUT2D eigenvalue weighted by Gasteiger charge is 2.73. The molecule has 206 valence electrons. The molecular formula is C36H62. The summed E-state index contributed by atoms with van der Waals surface area (Å²) >= 11 is 0. The van der Waals surface area contributed by atoms with Crippen LogP contribution in [0.15, 0.2) is 0 Å². The zero-order chi connectivity index (χ0) is 26.3. The fourth-order valence-electron chi connectivity index (χ4n) is 14.2. The Bertz CT molecular complexity index is 780. The van der Waals surface area contributed by atoms with Gasteiger partial charge in [-0.1, -0.05) is 83.1 Å². The molecule has 0 aromatic carbocycles. The van der Waals surface area contributed by atoms with E-state index >= 15 is 0 Å². The van der Waals surface area contributed by atoms with Crippen molar-refractivity contribution in [2.24, 2.45) is 105 Å². The van der Waals surface area contributed by atoms with E-state index in [1.165, 1.54) is 0 Å². The van der Waals surface area contributed by atoms with Crippen LogP contribution in [0.1, 0.15) is 122 Å². The monoisotopic (exact) mass is 494 g/mol. The second-order valence-electron chi connectivity index (χ2n) is 19.6. The lowest BCUT2D eigenvalue weighted by molar-refractivity contribution is -0.171. The lowest BCUT2D eigenvalue weighted by atomic mass is 9.40. The quantitative estimate of drug-likeness (QED) is 0.314. The first-order valence-electron chi connectivity index (χ1n) is 16.4. The summed E-state index contributed by atoms with van der Waals surface area (Å²) in [7, 11) is 0. The first kappa shape index (κ1) is 26.2. The van der Waals surface area contributed by atoms with E-state index in [1.807, 2.05) is 0 Å². The highest BCUT2D eigenvalue weighted by atomic mass is 14.8. The molecule has 12 unspecified atom stereocenters. The second kappa shape index (κ2) is 7.80. The van der Waals surface area contributed by atoms with Crippen LogP contribution < -0.4 is 0 Å². The standard InChI is InChI=1S/C36H62/c1-33(2,3)29-20-15-13-19-14-16-21-26-24(19)25(20)27-22(31(29)35(7,8)9)17-18-23(28(26)27)32(36(10,11)12)30(21)34(4,5)6/h19-32H,13-18H2,1-12H3. The van der Waals surface area contributed by atoms with Gasteiger partial charge in [0.05, 0.1) is 0 Å². The topological polar surface area (TPSA) is 0 Å². The Morgan fingerprint density at radius 2 is 0.528 bits per heavy atom. The number of hydrogen-bond donors (Lipinski definition) is 0. The Labute approximate surface area is 225 Å². The average Bonchev–Trinajstić information content (AvgIpc) is 3.08. The van der Waals surface area contributed by atoms with Crippen LogP contribution in [0.3, 0.4) is 0 Å². The van der Waals surface area contributed by atoms with Crippen LogP contribution in [0.4, 0.5) is 0 Å². The maximum atomic E-state index is 2.63. The van der Waals surface area contributed by atoms with Crippen LogP contribution in [0, 0.1) is 105 Å². The van der Waals surface area contributed by atoms with Crippen molar-refractivity contribution < 1.29 is 0 Å². The predicted octanol–water partition coefficient (Wildman–Crippen LogP) is 10.2. The van der Waals surface area contributed by atoms with Gasteiger partial charge in [0.1, 0.15) is 0 Å². The Kier molecular flexibility index (Phi) is 5.69. The summed E-state index contributed by atoms with van der Waals surface area (Å²) in [5.41, 5.74) is 1.72. The molecule has 0 nitrogen and oxygen atoms in total. The summed E-state index contributed by atoms with van der Waals surface area (Å²) in [5.74, 6) is 14.0. The van der Waals surface area contributed by atoms with Gasteiger partial charge in [-0.3, -0.25) is 0 Å². The molecule has 6 fully saturated rings. The van der Waals surface area contributed by atoms with E-state index in [0.717, 1.165) is 82.9 Å². The molecular weight excluding hydrogens is 432 g/mol. The van der Waals surface area contributed by atoms with Crippen LogP contribution in [0.25, 0.3) is 0 Å². The molecule has 6 aliphatic carbocycles. The van der Waals surface area contributed by atoms with Gasteiger partial charge >= 0.3 is 0 Å². The molecule has 6 rings (SSSR count). The molecule has 0 radical (unpaired) electrons. The molecule has 0 spiro atoms. The van der Waals surface area contributed by atoms with Gasteiger partial charge in [0.2, 0.25) is 0 Å². The maximum absolute atomic E-state index is 2.63. The third-order valence-corrected chi connectivity index (χ3v) is 13.9. The molecule has 12 atom stereocenters. The van der Waals surface area contributed by atoms with Crippen LogP contribution in [0.5, 0.6) is 0 Å². The molecule has 0 heterocycles. The average molecular weight is 495 g/mol. The molecule has 0 bridgehead atoms. The summed E-state index contributed by atoms with van der Waals surface area (Å²) in [5, 5.41) is 0. The predicted molar refractivity (Wildman–Crippen MR) is 154 cm³/mol. The first-order valence-corrected chi connectivity index (χ1v) is 16.4. The van der Waals surface area contributed by atoms with Crippen molar-refractivity contribution in [3.63, 3.8) is 0 Å². The Balaban J connectivity index is 1.55. The van der Waals surface area contributed by atoms with Crippen molar-refractivity contribution in [1.82, 2.24) is 0 Å². The van der Waals surface area contributed by atoms with Crippen molar-refractivity contribution in [1.29, 1.82) is 0 Å². The third kappa shape index (κ3) is 3.49. The molecule has 0 N–H and O–H groups in total. The van der Waals surface area contributed by atoms with E-state index in [9.17, 15) is 0 Å². The molecule has 0 aromatic heterocycles. The van der Waals surface area contributed by atoms with Crippen molar-refractivity contribution in [3.8, 4) is 0 Å². The zero-order valence-electron chi connectivity index (χ0n) is 26.3. The highest BCUT2D eigenvalue weighted by Crippen LogP contribution is 2.78. The molecule has 0 heteroatoms. The molecule has 36 heavy (non-hydrogen) atoms. The lowest BCUT2D eigenvalue weighted by Crippen LogP contribution is -2.59. The van der Waals surface area contributed by atoms with Crippen molar-refractivity contribution in [3.05, 3.63) is 0 Å². The smallest absolute Gasteiger partial charge is 0.0298 e. The summed E-state index contributed by atoms with van der Waals surface area (Å²) in [4.78, 5) is 0. The van der Waals surface area contributed by atoms with Gasteiger partial charge in [-0.05, 0) is 143 Å². The molecule has 6 aliphatic rings. The van der Waals surface area contributed by atoms with Gasteiger partial charge in [0.25, 0.3) is 0 Å². The summed E-state index contributed by atoms with van der Waals surface area (Å²) in [6.45, 7) is 31.6. The van der Waals surface area contributed by atoms with Crippen LogP contribution in [0.2, 0.25) is 0 Å². The van der Waals surface area contributed by atoms with E-state index in [1.54, 1.807) is 38.5 Å². The van der Waals surface area contributed by atoms with Crippen molar-refractivity contribution in [2.45, 2.75) is 122 Å². The van der Waals surface area contributed by atoms with Gasteiger partial charge in [-0.25, -0.2) is 0 Å². The summed E-state index contributed by atoms with van der Waals surface area (Å²) in [6.07, 6.45) is 9.34. The van der Waals surface area contributed by atoms with E-state index in [-0.39, 0.29) is 0 Å². The fourth-order valence-corrected chi connectivity index (χ4v) is 14.2. The first-order chi connectivity index (χ1) is 16.4. The second-order valence-corrected chi connectivity index (χ2v) is 19.6. The highest BCUT2D eigenvalue weighted by molar-refractivity contribution is 5.21. The van der Waals surface area contributed by atoms with Crippen LogP contribution in [-0.2, 0) is 0 Å². The largest absolute Gasteiger partial charge is 0.0599 e. The van der Waals surface area contributed by atoms with E-state index in [4.69, 9.17) is 0 Å². The summed E-state index contributed by atoms with van der Waals surface area (Å²) < 4.78 is 0. The molecule has 0 aliphatic heterocycles. The normalized spacial score (nSPS) is 52.3. The summed E-state index contributed by atoms with van der Waals surface area (Å²) in [6, 6.07) is 0. The maximum Gasteiger partial charge on any atom is -0.0298 e. The van der Waals surface area contributed by atoms with Crippen molar-refractivity contribution >= 4 is 0 Å². The SMILES string of the molecule is CC(C)(C)C1C2CCC3CCC4C5C3C2C2C(CCC(C52)C(C(C)(C)C)C4C(C)(C)C)C1C(C)(C)C. The minimum atomic E-state index is 0.427. The van der Waals surface area contributed by atoms with Crippen LogP contribution in [-0.4, -0.2) is 0 Å². The Morgan fingerprint density at radius 1 is 0.306 bits per heavy atom. The van der Waals surface area contributed by atoms with E-state index < -0.39 is 0 Å². The van der Waals surface area contributed by atoms with Gasteiger partial charge in [-0.15, -0.1) is 0 Å². The minimum Gasteiger partial charge on any atom is -0.0599 e. The van der Waals surface area contributed by atoms with Crippen LogP contribution >= 0.6 is 0 Å². The van der Waals surface area contributed by atoms with Gasteiger partial charge in [-0.2, -0.15) is 0 Å². The number of hydrogen-bond acceptors (Lipinski definition) is 0. The fraction of sp³-hybridized carbons (Fsp3) is 1.00. The Hall–Kier alpha value is 0. The molecule has 0 aromatic rings. The minimum absolute atomic E-state index is 0.427. The third-order valence-electron chi connectivity index (χ3n) is 13.9. The van der Waals surface area contributed by atoms with E-state index in [0.29, 0.717) is 21.7 Å². The van der Waals surface area contributed by atoms with Gasteiger partial charge in [0.15, 0.2) is 0 Å². The Morgan fingerprint density at radius 3 is 0.778 bits per heavy atom. The lowest BCUT2D eigenvalue weighted by Gasteiger charge is -2.65. The molecule has 6 saturated carbocycles. The molecule has 0 saturated heterocycles. The van der Waals surface area contributed by atoms with E-state index in [2.05, 4.69) is 83.1 Å². The van der Waals surface area contributed by atoms with Gasteiger partial charge < -0.3 is 0 Å². The van der Waals surface area contributed by atoms with Crippen molar-refractivity contribution in [2.75, 3.05) is 0 Å².